The van der Waals surface area contributed by atoms with Gasteiger partial charge in [0.2, 0.25) is 0 Å². The highest BCUT2D eigenvalue weighted by molar-refractivity contribution is 7.47. The second-order valence-electron chi connectivity index (χ2n) is 16.9. The van der Waals surface area contributed by atoms with Crippen molar-refractivity contribution in [1.82, 2.24) is 0 Å². The largest absolute Gasteiger partial charge is 0.472 e. The van der Waals surface area contributed by atoms with Crippen LogP contribution in [0.15, 0.2) is 24.3 Å². The highest BCUT2D eigenvalue weighted by atomic mass is 31.2. The maximum atomic E-state index is 12.7. The Kier molecular flexibility index (Phi) is 43.8. The summed E-state index contributed by atoms with van der Waals surface area (Å²) >= 11 is 0. The first-order valence-electron chi connectivity index (χ1n) is 24.9. The van der Waals surface area contributed by atoms with Crippen molar-refractivity contribution >= 4 is 19.8 Å². The Morgan fingerprint density at radius 3 is 1.31 bits per heavy atom. The number of hydrogen-bond donors (Lipinski definition) is 4. The topological polar surface area (TPSA) is 169 Å². The van der Waals surface area contributed by atoms with Gasteiger partial charge in [-0.1, -0.05) is 179 Å². The number of carbonyl (C=O) groups excluding carboxylic acids is 2. The first-order valence-corrected chi connectivity index (χ1v) is 26.4. The van der Waals surface area contributed by atoms with Gasteiger partial charge >= 0.3 is 19.8 Å². The Morgan fingerprint density at radius 1 is 0.508 bits per heavy atom. The number of phosphoric ester groups is 1. The van der Waals surface area contributed by atoms with Gasteiger partial charge in [-0.15, -0.1) is 0 Å². The van der Waals surface area contributed by atoms with Crippen molar-refractivity contribution in [2.75, 3.05) is 26.4 Å². The molecule has 1 unspecified atom stereocenters. The van der Waals surface area contributed by atoms with Gasteiger partial charge in [0.15, 0.2) is 6.10 Å². The third-order valence-electron chi connectivity index (χ3n) is 11.0. The van der Waals surface area contributed by atoms with E-state index in [1.165, 1.54) is 154 Å². The van der Waals surface area contributed by atoms with Crippen LogP contribution in [0.5, 0.6) is 0 Å². The average molecular weight is 889 g/mol. The van der Waals surface area contributed by atoms with Gasteiger partial charge in [-0.2, -0.15) is 0 Å². The Balaban J connectivity index is 4.37. The number of aliphatic hydroxyl groups is 3. The molecule has 0 aromatic heterocycles. The van der Waals surface area contributed by atoms with Crippen molar-refractivity contribution < 1.29 is 52.9 Å². The predicted molar refractivity (Wildman–Crippen MR) is 248 cm³/mol. The fourth-order valence-corrected chi connectivity index (χ4v) is 8.05. The van der Waals surface area contributed by atoms with E-state index in [2.05, 4.69) is 38.2 Å². The number of ether oxygens (including phenoxy) is 2. The van der Waals surface area contributed by atoms with E-state index in [4.69, 9.17) is 23.6 Å². The highest BCUT2D eigenvalue weighted by Gasteiger charge is 2.32. The van der Waals surface area contributed by atoms with Crippen molar-refractivity contribution in [2.45, 2.75) is 250 Å². The zero-order valence-corrected chi connectivity index (χ0v) is 39.9. The standard InChI is InChI=1S/C49H93O11P/c1-3-5-7-9-11-13-15-17-19-20-21-22-23-24-26-28-30-32-34-36-38-40-49(54)59-45(44-58-61(55,56)60-47(42-51)46(52)41-50)43-57-48(53)39-37-35-33-31-29-27-25-18-16-14-12-10-8-6-4-2/h11,13,30,32,45-47,50-52H,3-10,12,14-29,31,33-44H2,1-2H3,(H,55,56)/b13-11-,32-30-/t45-,46-,47-/m1/s1. The van der Waals surface area contributed by atoms with E-state index in [1.54, 1.807) is 0 Å². The Morgan fingerprint density at radius 2 is 0.869 bits per heavy atom. The SMILES string of the molecule is CCCCC/C=C\CCCCCCCCCC/C=C\CCCCC(=O)O[C@H](COC(=O)CCCCCCCCCCCCCCCCC)COP(=O)(O)O[C@H](CO)[C@H](O)CO. The minimum Gasteiger partial charge on any atom is -0.462 e. The third-order valence-corrected chi connectivity index (χ3v) is 12.0. The summed E-state index contributed by atoms with van der Waals surface area (Å²) in [5.74, 6) is -1.01. The van der Waals surface area contributed by atoms with Crippen molar-refractivity contribution in [3.8, 4) is 0 Å². The predicted octanol–water partition coefficient (Wildman–Crippen LogP) is 12.7. The summed E-state index contributed by atoms with van der Waals surface area (Å²) in [5, 5.41) is 28.2. The van der Waals surface area contributed by atoms with Crippen LogP contribution in [0.3, 0.4) is 0 Å². The molecule has 0 aliphatic rings. The molecule has 0 fully saturated rings. The first-order chi connectivity index (χ1) is 29.7. The molecule has 0 saturated carbocycles. The molecule has 0 rings (SSSR count). The third kappa shape index (κ3) is 42.1. The number of esters is 2. The Labute approximate surface area is 372 Å². The molecule has 4 N–H and O–H groups in total. The van der Waals surface area contributed by atoms with Crippen molar-refractivity contribution in [2.24, 2.45) is 0 Å². The smallest absolute Gasteiger partial charge is 0.462 e. The van der Waals surface area contributed by atoms with E-state index in [9.17, 15) is 29.3 Å². The lowest BCUT2D eigenvalue weighted by molar-refractivity contribution is -0.161. The van der Waals surface area contributed by atoms with Crippen LogP contribution in [0.4, 0.5) is 0 Å². The van der Waals surface area contributed by atoms with Gasteiger partial charge in [0.05, 0.1) is 19.8 Å². The minimum absolute atomic E-state index is 0.121. The molecule has 0 amide bonds. The van der Waals surface area contributed by atoms with Gasteiger partial charge < -0.3 is 29.7 Å². The van der Waals surface area contributed by atoms with Gasteiger partial charge in [-0.05, 0) is 64.2 Å². The first kappa shape index (κ1) is 59.4. The summed E-state index contributed by atoms with van der Waals surface area (Å²) in [6.45, 7) is 1.84. The molecule has 0 spiro atoms. The molecule has 0 bridgehead atoms. The van der Waals surface area contributed by atoms with Gasteiger partial charge in [0.25, 0.3) is 0 Å². The molecular formula is C49H93O11P. The second-order valence-corrected chi connectivity index (χ2v) is 18.3. The summed E-state index contributed by atoms with van der Waals surface area (Å²) in [7, 11) is -4.85. The van der Waals surface area contributed by atoms with E-state index in [1.807, 2.05) is 0 Å². The van der Waals surface area contributed by atoms with Gasteiger partial charge in [0.1, 0.15) is 18.8 Å². The van der Waals surface area contributed by atoms with Gasteiger partial charge in [-0.25, -0.2) is 4.57 Å². The molecule has 0 aliphatic heterocycles. The summed E-state index contributed by atoms with van der Waals surface area (Å²) in [6, 6.07) is 0. The quantitative estimate of drug-likeness (QED) is 0.0199. The van der Waals surface area contributed by atoms with E-state index in [0.29, 0.717) is 12.8 Å². The maximum absolute atomic E-state index is 12.7. The molecule has 0 radical (unpaired) electrons. The van der Waals surface area contributed by atoms with Crippen LogP contribution < -0.4 is 0 Å². The Hall–Kier alpha value is -1.59. The number of carbonyl (C=O) groups is 2. The van der Waals surface area contributed by atoms with Crippen LogP contribution in [0.1, 0.15) is 232 Å². The molecule has 0 aromatic carbocycles. The van der Waals surface area contributed by atoms with Gasteiger partial charge in [0, 0.05) is 12.8 Å². The fraction of sp³-hybridized carbons (Fsp3) is 0.878. The lowest BCUT2D eigenvalue weighted by Crippen LogP contribution is -2.35. The molecule has 0 aliphatic carbocycles. The molecule has 0 aromatic rings. The normalized spacial score (nSPS) is 14.4. The van der Waals surface area contributed by atoms with Gasteiger partial charge in [-0.3, -0.25) is 18.6 Å². The summed E-state index contributed by atoms with van der Waals surface area (Å²) in [4.78, 5) is 35.4. The maximum Gasteiger partial charge on any atom is 0.472 e. The average Bonchev–Trinajstić information content (AvgIpc) is 3.25. The lowest BCUT2D eigenvalue weighted by atomic mass is 10.0. The van der Waals surface area contributed by atoms with Crippen molar-refractivity contribution in [3.63, 3.8) is 0 Å². The van der Waals surface area contributed by atoms with Crippen molar-refractivity contribution in [3.05, 3.63) is 24.3 Å². The molecular weight excluding hydrogens is 796 g/mol. The number of allylic oxidation sites excluding steroid dienone is 4. The van der Waals surface area contributed by atoms with E-state index < -0.39 is 57.9 Å². The fourth-order valence-electron chi connectivity index (χ4n) is 7.08. The zero-order chi connectivity index (χ0) is 44.9. The summed E-state index contributed by atoms with van der Waals surface area (Å²) in [6.07, 6.45) is 43.4. The molecule has 61 heavy (non-hydrogen) atoms. The number of phosphoric acid groups is 1. The highest BCUT2D eigenvalue weighted by Crippen LogP contribution is 2.45. The molecule has 0 heterocycles. The van der Waals surface area contributed by atoms with Crippen molar-refractivity contribution in [1.29, 1.82) is 0 Å². The van der Waals surface area contributed by atoms with E-state index in [0.717, 1.165) is 38.5 Å². The number of unbranched alkanes of at least 4 members (excludes halogenated alkanes) is 28. The van der Waals surface area contributed by atoms with E-state index in [-0.39, 0.29) is 19.4 Å². The van der Waals surface area contributed by atoms with Crippen LogP contribution in [-0.2, 0) is 32.7 Å². The van der Waals surface area contributed by atoms with Crippen LogP contribution in [0.25, 0.3) is 0 Å². The number of hydrogen-bond acceptors (Lipinski definition) is 10. The minimum atomic E-state index is -4.85. The van der Waals surface area contributed by atoms with Crippen LogP contribution >= 0.6 is 7.82 Å². The van der Waals surface area contributed by atoms with Crippen LogP contribution in [0.2, 0.25) is 0 Å². The van der Waals surface area contributed by atoms with E-state index >= 15 is 0 Å². The lowest BCUT2D eigenvalue weighted by Gasteiger charge is -2.24. The molecule has 360 valence electrons. The molecule has 0 saturated heterocycles. The summed E-state index contributed by atoms with van der Waals surface area (Å²) < 4.78 is 33.2. The van der Waals surface area contributed by atoms with Crippen LogP contribution in [0, 0.1) is 0 Å². The van der Waals surface area contributed by atoms with Crippen LogP contribution in [-0.4, -0.2) is 76.9 Å². The number of aliphatic hydroxyl groups excluding tert-OH is 3. The molecule has 11 nitrogen and oxygen atoms in total. The summed E-state index contributed by atoms with van der Waals surface area (Å²) in [5.41, 5.74) is 0. The zero-order valence-electron chi connectivity index (χ0n) is 39.0. The molecule has 12 heteroatoms. The molecule has 4 atom stereocenters. The monoisotopic (exact) mass is 889 g/mol. The Bertz CT molecular complexity index is 1080. The number of rotatable bonds is 47. The second kappa shape index (κ2) is 45.0.